The number of fused-ring (bicyclic) bond motifs is 2. The van der Waals surface area contributed by atoms with Crippen molar-refractivity contribution in [1.82, 2.24) is 15.2 Å². The second-order valence-electron chi connectivity index (χ2n) is 8.02. The molecule has 4 aromatic rings. The molecule has 0 saturated carbocycles. The molecule has 0 bridgehead atoms. The summed E-state index contributed by atoms with van der Waals surface area (Å²) in [6.45, 7) is 1.80. The highest BCUT2D eigenvalue weighted by Gasteiger charge is 2.24. The molecule has 33 heavy (non-hydrogen) atoms. The number of nitro benzene ring substituents is 1. The Morgan fingerprint density at radius 3 is 2.70 bits per heavy atom. The Kier molecular flexibility index (Phi) is 5.29. The van der Waals surface area contributed by atoms with Crippen molar-refractivity contribution in [3.8, 4) is 11.5 Å². The molecule has 0 radical (unpaired) electrons. The summed E-state index contributed by atoms with van der Waals surface area (Å²) in [5.74, 6) is -0.111. The number of aromatic nitrogens is 3. The highest BCUT2D eigenvalue weighted by molar-refractivity contribution is 6.05. The summed E-state index contributed by atoms with van der Waals surface area (Å²) in [7, 11) is 0. The van der Waals surface area contributed by atoms with Crippen LogP contribution in [-0.2, 0) is 24.2 Å². The molecule has 9 heteroatoms. The number of hydrogen-bond donors (Lipinski definition) is 0. The lowest BCUT2D eigenvalue weighted by atomic mass is 9.89. The molecule has 2 aromatic heterocycles. The van der Waals surface area contributed by atoms with Crippen LogP contribution in [0.25, 0.3) is 22.4 Å². The number of carbonyl (C=O) groups excluding carboxylic acids is 1. The van der Waals surface area contributed by atoms with E-state index in [2.05, 4.69) is 10.2 Å². The molecule has 0 spiro atoms. The van der Waals surface area contributed by atoms with E-state index in [0.717, 1.165) is 53.4 Å². The van der Waals surface area contributed by atoms with E-state index in [1.165, 1.54) is 24.3 Å². The molecular weight excluding hydrogens is 424 g/mol. The van der Waals surface area contributed by atoms with E-state index in [0.29, 0.717) is 11.1 Å². The van der Waals surface area contributed by atoms with Crippen molar-refractivity contribution in [2.45, 2.75) is 39.2 Å². The number of non-ortho nitro benzene ring substituents is 1. The average Bonchev–Trinajstić information content (AvgIpc) is 3.30. The summed E-state index contributed by atoms with van der Waals surface area (Å²) >= 11 is 0. The van der Waals surface area contributed by atoms with E-state index in [-0.39, 0.29) is 24.1 Å². The van der Waals surface area contributed by atoms with Gasteiger partial charge in [-0.15, -0.1) is 10.2 Å². The number of aryl methyl sites for hydroxylation is 2. The maximum atomic E-state index is 13.2. The van der Waals surface area contributed by atoms with Gasteiger partial charge in [0.25, 0.3) is 11.6 Å². The zero-order valence-electron chi connectivity index (χ0n) is 17.9. The molecule has 0 aliphatic heterocycles. The Bertz CT molecular complexity index is 1380. The Balaban J connectivity index is 1.39. The minimum Gasteiger partial charge on any atom is -0.452 e. The molecule has 0 atom stereocenters. The fourth-order valence-corrected chi connectivity index (χ4v) is 4.12. The van der Waals surface area contributed by atoms with E-state index in [9.17, 15) is 14.9 Å². The summed E-state index contributed by atoms with van der Waals surface area (Å²) in [4.78, 5) is 28.3. The van der Waals surface area contributed by atoms with E-state index >= 15 is 0 Å². The molecule has 0 amide bonds. The van der Waals surface area contributed by atoms with Crippen molar-refractivity contribution in [2.24, 2.45) is 0 Å². The topological polar surface area (TPSA) is 121 Å². The SMILES string of the molecule is Cc1ccc2nc3c(c(C(=O)OCc4nnc(-c5ccc([N+](=O)[O-])cc5)o4)c2c1)CCCC3. The molecule has 2 aromatic carbocycles. The first-order valence-corrected chi connectivity index (χ1v) is 10.7. The lowest BCUT2D eigenvalue weighted by Crippen LogP contribution is -2.15. The number of nitrogens with zero attached hydrogens (tertiary/aromatic N) is 4. The average molecular weight is 444 g/mol. The predicted octanol–water partition coefficient (Wildman–Crippen LogP) is 4.74. The second kappa shape index (κ2) is 8.42. The zero-order valence-corrected chi connectivity index (χ0v) is 17.9. The van der Waals surface area contributed by atoms with E-state index in [1.54, 1.807) is 0 Å². The van der Waals surface area contributed by atoms with Gasteiger partial charge in [-0.3, -0.25) is 15.1 Å². The number of benzene rings is 2. The number of hydrogen-bond acceptors (Lipinski definition) is 8. The van der Waals surface area contributed by atoms with Gasteiger partial charge in [0.1, 0.15) is 0 Å². The Morgan fingerprint density at radius 2 is 1.91 bits per heavy atom. The van der Waals surface area contributed by atoms with E-state index in [1.807, 2.05) is 25.1 Å². The minimum atomic E-state index is -0.481. The molecule has 1 aliphatic rings. The molecule has 166 valence electrons. The molecule has 0 N–H and O–H groups in total. The van der Waals surface area contributed by atoms with Gasteiger partial charge in [-0.2, -0.15) is 0 Å². The first-order chi connectivity index (χ1) is 16.0. The third kappa shape index (κ3) is 4.05. The van der Waals surface area contributed by atoms with Crippen LogP contribution in [-0.4, -0.2) is 26.1 Å². The molecular formula is C24H20N4O5. The monoisotopic (exact) mass is 444 g/mol. The lowest BCUT2D eigenvalue weighted by molar-refractivity contribution is -0.384. The van der Waals surface area contributed by atoms with Crippen LogP contribution in [0.3, 0.4) is 0 Å². The summed E-state index contributed by atoms with van der Waals surface area (Å²) < 4.78 is 11.2. The van der Waals surface area contributed by atoms with Crippen LogP contribution < -0.4 is 0 Å². The molecule has 0 saturated heterocycles. The summed E-state index contributed by atoms with van der Waals surface area (Å²) in [5.41, 5.74) is 4.81. The number of pyridine rings is 1. The van der Waals surface area contributed by atoms with Gasteiger partial charge in [0.2, 0.25) is 5.89 Å². The third-order valence-corrected chi connectivity index (χ3v) is 5.74. The highest BCUT2D eigenvalue weighted by atomic mass is 16.6. The van der Waals surface area contributed by atoms with Crippen LogP contribution in [0.2, 0.25) is 0 Å². The Morgan fingerprint density at radius 1 is 1.12 bits per heavy atom. The maximum absolute atomic E-state index is 13.2. The minimum absolute atomic E-state index is 0.0319. The first kappa shape index (κ1) is 20.7. The van der Waals surface area contributed by atoms with Gasteiger partial charge in [-0.05, 0) is 62.4 Å². The molecule has 2 heterocycles. The van der Waals surface area contributed by atoms with Crippen LogP contribution in [0, 0.1) is 17.0 Å². The summed E-state index contributed by atoms with van der Waals surface area (Å²) in [6, 6.07) is 11.7. The van der Waals surface area contributed by atoms with Crippen molar-refractivity contribution in [2.75, 3.05) is 0 Å². The molecule has 1 aliphatic carbocycles. The predicted molar refractivity (Wildman–Crippen MR) is 119 cm³/mol. The fourth-order valence-electron chi connectivity index (χ4n) is 4.12. The first-order valence-electron chi connectivity index (χ1n) is 10.7. The number of rotatable bonds is 5. The van der Waals surface area contributed by atoms with Crippen molar-refractivity contribution >= 4 is 22.6 Å². The lowest BCUT2D eigenvalue weighted by Gasteiger charge is -2.20. The maximum Gasteiger partial charge on any atom is 0.339 e. The number of esters is 1. The fraction of sp³-hybridized carbons (Fsp3) is 0.250. The van der Waals surface area contributed by atoms with Crippen LogP contribution in [0.5, 0.6) is 0 Å². The molecule has 0 unspecified atom stereocenters. The van der Waals surface area contributed by atoms with Gasteiger partial charge in [0.05, 0.1) is 16.0 Å². The zero-order chi connectivity index (χ0) is 22.9. The third-order valence-electron chi connectivity index (χ3n) is 5.74. The number of nitro groups is 1. The Labute approximate surface area is 188 Å². The highest BCUT2D eigenvalue weighted by Crippen LogP contribution is 2.31. The standard InChI is InChI=1S/C24H20N4O5/c1-14-6-11-20-18(12-14)22(17-4-2-3-5-19(17)25-20)24(29)32-13-21-26-27-23(33-21)15-7-9-16(10-8-15)28(30)31/h6-12H,2-5,13H2,1H3. The van der Waals surface area contributed by atoms with Gasteiger partial charge < -0.3 is 9.15 Å². The van der Waals surface area contributed by atoms with Gasteiger partial charge in [0, 0.05) is 28.8 Å². The van der Waals surface area contributed by atoms with Crippen LogP contribution in [0.1, 0.15) is 45.9 Å². The molecule has 0 fully saturated rings. The summed E-state index contributed by atoms with van der Waals surface area (Å²) in [5, 5.41) is 19.5. The summed E-state index contributed by atoms with van der Waals surface area (Å²) in [6.07, 6.45) is 3.71. The van der Waals surface area contributed by atoms with E-state index < -0.39 is 10.9 Å². The number of ether oxygens (including phenoxy) is 1. The normalized spacial score (nSPS) is 13.0. The van der Waals surface area contributed by atoms with Gasteiger partial charge >= 0.3 is 5.97 Å². The second-order valence-corrected chi connectivity index (χ2v) is 8.02. The smallest absolute Gasteiger partial charge is 0.339 e. The van der Waals surface area contributed by atoms with Crippen molar-refractivity contribution in [3.63, 3.8) is 0 Å². The van der Waals surface area contributed by atoms with Gasteiger partial charge in [-0.1, -0.05) is 11.6 Å². The number of carbonyl (C=O) groups is 1. The molecule has 9 nitrogen and oxygen atoms in total. The van der Waals surface area contributed by atoms with Crippen molar-refractivity contribution in [3.05, 3.63) is 80.9 Å². The van der Waals surface area contributed by atoms with Gasteiger partial charge in [-0.25, -0.2) is 4.79 Å². The Hall–Kier alpha value is -4.14. The van der Waals surface area contributed by atoms with Crippen LogP contribution in [0.15, 0.2) is 46.9 Å². The van der Waals surface area contributed by atoms with E-state index in [4.69, 9.17) is 14.1 Å². The van der Waals surface area contributed by atoms with Crippen molar-refractivity contribution < 1.29 is 18.9 Å². The van der Waals surface area contributed by atoms with Crippen LogP contribution >= 0.6 is 0 Å². The van der Waals surface area contributed by atoms with Crippen molar-refractivity contribution in [1.29, 1.82) is 0 Å². The largest absolute Gasteiger partial charge is 0.452 e. The molecule has 5 rings (SSSR count). The van der Waals surface area contributed by atoms with Gasteiger partial charge in [0.15, 0.2) is 6.61 Å². The quantitative estimate of drug-likeness (QED) is 0.246. The van der Waals surface area contributed by atoms with Crippen LogP contribution in [0.4, 0.5) is 5.69 Å².